The third kappa shape index (κ3) is 11.4. The molecule has 0 aromatic heterocycles. The second kappa shape index (κ2) is 14.3. The van der Waals surface area contributed by atoms with E-state index in [2.05, 4.69) is 42.8 Å². The van der Waals surface area contributed by atoms with Gasteiger partial charge >= 0.3 is 0 Å². The second-order valence-electron chi connectivity index (χ2n) is 5.43. The molecule has 0 saturated heterocycles. The number of hydrogen-bond donors (Lipinski definition) is 1. The van der Waals surface area contributed by atoms with Crippen LogP contribution in [0.25, 0.3) is 0 Å². The zero-order valence-corrected chi connectivity index (χ0v) is 13.9. The van der Waals surface area contributed by atoms with E-state index >= 15 is 0 Å². The van der Waals surface area contributed by atoms with E-state index in [1.54, 1.807) is 0 Å². The minimum absolute atomic E-state index is 1.13. The van der Waals surface area contributed by atoms with Gasteiger partial charge in [0.2, 0.25) is 0 Å². The van der Waals surface area contributed by atoms with Crippen LogP contribution < -0.4 is 5.32 Å². The van der Waals surface area contributed by atoms with Crippen LogP contribution in [-0.2, 0) is 0 Å². The molecule has 19 heavy (non-hydrogen) atoms. The van der Waals surface area contributed by atoms with E-state index in [1.165, 1.54) is 65.0 Å². The molecular weight excluding hydrogens is 234 g/mol. The summed E-state index contributed by atoms with van der Waals surface area (Å²) in [7, 11) is 0. The van der Waals surface area contributed by atoms with E-state index < -0.39 is 0 Å². The summed E-state index contributed by atoms with van der Waals surface area (Å²) in [6.07, 6.45) is 5.03. The molecule has 0 aliphatic heterocycles. The van der Waals surface area contributed by atoms with Crippen LogP contribution >= 0.6 is 0 Å². The van der Waals surface area contributed by atoms with Gasteiger partial charge in [0, 0.05) is 26.2 Å². The Morgan fingerprint density at radius 3 is 1.42 bits per heavy atom. The molecule has 0 aromatic carbocycles. The molecule has 0 radical (unpaired) electrons. The first-order valence-corrected chi connectivity index (χ1v) is 8.43. The molecule has 0 spiro atoms. The monoisotopic (exact) mass is 271 g/mol. The van der Waals surface area contributed by atoms with Crippen molar-refractivity contribution in [3.8, 4) is 0 Å². The molecule has 1 N–H and O–H groups in total. The number of hydrogen-bond acceptors (Lipinski definition) is 3. The number of nitrogens with zero attached hydrogens (tertiary/aromatic N) is 2. The van der Waals surface area contributed by atoms with Crippen molar-refractivity contribution in [1.29, 1.82) is 0 Å². The highest BCUT2D eigenvalue weighted by molar-refractivity contribution is 4.64. The summed E-state index contributed by atoms with van der Waals surface area (Å²) in [5.74, 6) is 0. The number of nitrogens with one attached hydrogen (secondary N) is 1. The molecule has 0 atom stereocenters. The lowest BCUT2D eigenvalue weighted by Gasteiger charge is -2.27. The highest BCUT2D eigenvalue weighted by atomic mass is 15.2. The van der Waals surface area contributed by atoms with Gasteiger partial charge in [-0.1, -0.05) is 27.7 Å². The standard InChI is InChI=1S/C16H37N3/c1-5-9-17-10-14-19(13-8-4)16-15-18(11-6-2)12-7-3/h17H,5-16H2,1-4H3. The molecule has 0 heterocycles. The van der Waals surface area contributed by atoms with E-state index in [0.29, 0.717) is 0 Å². The summed E-state index contributed by atoms with van der Waals surface area (Å²) in [5, 5.41) is 3.51. The van der Waals surface area contributed by atoms with Crippen molar-refractivity contribution in [1.82, 2.24) is 15.1 Å². The third-order valence-corrected chi connectivity index (χ3v) is 3.38. The molecule has 0 unspecified atom stereocenters. The predicted molar refractivity (Wildman–Crippen MR) is 86.9 cm³/mol. The number of rotatable bonds is 14. The lowest BCUT2D eigenvalue weighted by molar-refractivity contribution is 0.203. The maximum atomic E-state index is 3.51. The summed E-state index contributed by atoms with van der Waals surface area (Å²) in [6, 6.07) is 0. The van der Waals surface area contributed by atoms with Gasteiger partial charge < -0.3 is 15.1 Å². The van der Waals surface area contributed by atoms with Gasteiger partial charge in [-0.2, -0.15) is 0 Å². The van der Waals surface area contributed by atoms with Crippen LogP contribution in [0.2, 0.25) is 0 Å². The van der Waals surface area contributed by atoms with Gasteiger partial charge in [0.05, 0.1) is 0 Å². The summed E-state index contributed by atoms with van der Waals surface area (Å²) in [5.41, 5.74) is 0. The Morgan fingerprint density at radius 1 is 0.526 bits per heavy atom. The molecule has 0 aliphatic carbocycles. The normalized spacial score (nSPS) is 11.7. The molecular formula is C16H37N3. The molecule has 0 saturated carbocycles. The first-order valence-electron chi connectivity index (χ1n) is 8.43. The Morgan fingerprint density at radius 2 is 1.00 bits per heavy atom. The highest BCUT2D eigenvalue weighted by Gasteiger charge is 2.07. The minimum Gasteiger partial charge on any atom is -0.315 e. The Hall–Kier alpha value is -0.120. The van der Waals surface area contributed by atoms with E-state index in [9.17, 15) is 0 Å². The van der Waals surface area contributed by atoms with Crippen molar-refractivity contribution in [2.24, 2.45) is 0 Å². The average Bonchev–Trinajstić information content (AvgIpc) is 2.41. The zero-order valence-electron chi connectivity index (χ0n) is 13.9. The Balaban J connectivity index is 3.88. The van der Waals surface area contributed by atoms with Crippen LogP contribution in [0.5, 0.6) is 0 Å². The van der Waals surface area contributed by atoms with Crippen LogP contribution in [0.15, 0.2) is 0 Å². The summed E-state index contributed by atoms with van der Waals surface area (Å²) >= 11 is 0. The first kappa shape index (κ1) is 18.9. The SMILES string of the molecule is CCCNCCN(CCC)CCN(CCC)CCC. The van der Waals surface area contributed by atoms with E-state index in [0.717, 1.165) is 13.1 Å². The fourth-order valence-corrected chi connectivity index (χ4v) is 2.44. The lowest BCUT2D eigenvalue weighted by Crippen LogP contribution is -2.39. The van der Waals surface area contributed by atoms with Gasteiger partial charge in [-0.3, -0.25) is 0 Å². The smallest absolute Gasteiger partial charge is 0.0110 e. The van der Waals surface area contributed by atoms with Gasteiger partial charge in [0.25, 0.3) is 0 Å². The van der Waals surface area contributed by atoms with Crippen molar-refractivity contribution in [3.63, 3.8) is 0 Å². The molecule has 0 aromatic rings. The van der Waals surface area contributed by atoms with Crippen LogP contribution in [0.3, 0.4) is 0 Å². The van der Waals surface area contributed by atoms with Crippen molar-refractivity contribution in [3.05, 3.63) is 0 Å². The van der Waals surface area contributed by atoms with Crippen LogP contribution in [0.1, 0.15) is 53.4 Å². The van der Waals surface area contributed by atoms with Crippen LogP contribution in [0, 0.1) is 0 Å². The molecule has 3 nitrogen and oxygen atoms in total. The van der Waals surface area contributed by atoms with Gasteiger partial charge in [-0.25, -0.2) is 0 Å². The van der Waals surface area contributed by atoms with Gasteiger partial charge in [-0.05, 0) is 51.9 Å². The van der Waals surface area contributed by atoms with Crippen LogP contribution in [0.4, 0.5) is 0 Å². The summed E-state index contributed by atoms with van der Waals surface area (Å²) in [4.78, 5) is 5.23. The lowest BCUT2D eigenvalue weighted by atomic mass is 10.3. The fourth-order valence-electron chi connectivity index (χ4n) is 2.44. The van der Waals surface area contributed by atoms with Crippen molar-refractivity contribution in [2.45, 2.75) is 53.4 Å². The van der Waals surface area contributed by atoms with Crippen molar-refractivity contribution >= 4 is 0 Å². The largest absolute Gasteiger partial charge is 0.315 e. The quantitative estimate of drug-likeness (QED) is 0.490. The third-order valence-electron chi connectivity index (χ3n) is 3.38. The average molecular weight is 271 g/mol. The first-order chi connectivity index (χ1) is 9.28. The molecule has 0 aliphatic rings. The van der Waals surface area contributed by atoms with Gasteiger partial charge in [-0.15, -0.1) is 0 Å². The van der Waals surface area contributed by atoms with Crippen molar-refractivity contribution in [2.75, 3.05) is 52.4 Å². The van der Waals surface area contributed by atoms with Crippen LogP contribution in [-0.4, -0.2) is 62.2 Å². The zero-order chi connectivity index (χ0) is 14.3. The fraction of sp³-hybridized carbons (Fsp3) is 1.00. The van der Waals surface area contributed by atoms with Gasteiger partial charge in [0.15, 0.2) is 0 Å². The van der Waals surface area contributed by atoms with E-state index in [4.69, 9.17) is 0 Å². The van der Waals surface area contributed by atoms with Gasteiger partial charge in [0.1, 0.15) is 0 Å². The molecule has 116 valence electrons. The van der Waals surface area contributed by atoms with E-state index in [-0.39, 0.29) is 0 Å². The minimum atomic E-state index is 1.13. The molecule has 3 heteroatoms. The Bertz CT molecular complexity index is 167. The van der Waals surface area contributed by atoms with Crippen molar-refractivity contribution < 1.29 is 0 Å². The molecule has 0 bridgehead atoms. The molecule has 0 amide bonds. The summed E-state index contributed by atoms with van der Waals surface area (Å²) in [6.45, 7) is 18.7. The Labute approximate surface area is 121 Å². The topological polar surface area (TPSA) is 18.5 Å². The van der Waals surface area contributed by atoms with E-state index in [1.807, 2.05) is 0 Å². The molecule has 0 fully saturated rings. The molecule has 0 rings (SSSR count). The second-order valence-corrected chi connectivity index (χ2v) is 5.43. The predicted octanol–water partition coefficient (Wildman–Crippen LogP) is 2.82. The summed E-state index contributed by atoms with van der Waals surface area (Å²) < 4.78 is 0. The highest BCUT2D eigenvalue weighted by Crippen LogP contribution is 1.97. The maximum Gasteiger partial charge on any atom is 0.0110 e. The maximum absolute atomic E-state index is 3.51. The Kier molecular flexibility index (Phi) is 14.2.